The van der Waals surface area contributed by atoms with Crippen LogP contribution >= 0.6 is 34.8 Å². The second-order valence-electron chi connectivity index (χ2n) is 5.11. The van der Waals surface area contributed by atoms with E-state index >= 15 is 0 Å². The molecule has 0 aliphatic rings. The molecule has 1 heterocycles. The first-order chi connectivity index (χ1) is 10.3. The minimum atomic E-state index is -0.185. The van der Waals surface area contributed by atoms with Crippen molar-refractivity contribution in [3.63, 3.8) is 0 Å². The molecule has 2 aromatic rings. The number of benzene rings is 1. The number of halogens is 3. The summed E-state index contributed by atoms with van der Waals surface area (Å²) in [6, 6.07) is 5.10. The van der Waals surface area contributed by atoms with E-state index in [2.05, 4.69) is 10.4 Å². The SMILES string of the molecule is Cc1nn(CC(=O)NC(C)c2ccc(Cl)c(Cl)c2)c(C)c1Cl. The predicted molar refractivity (Wildman–Crippen MR) is 89.7 cm³/mol. The second kappa shape index (κ2) is 6.90. The molecule has 0 bridgehead atoms. The third-order valence-corrected chi connectivity index (χ3v) is 4.69. The van der Waals surface area contributed by atoms with Crippen LogP contribution in [0, 0.1) is 13.8 Å². The lowest BCUT2D eigenvalue weighted by molar-refractivity contribution is -0.122. The normalized spacial score (nSPS) is 12.3. The minimum Gasteiger partial charge on any atom is -0.348 e. The van der Waals surface area contributed by atoms with Crippen molar-refractivity contribution in [3.8, 4) is 0 Å². The van der Waals surface area contributed by atoms with Gasteiger partial charge in [0.05, 0.1) is 32.5 Å². The monoisotopic (exact) mass is 359 g/mol. The summed E-state index contributed by atoms with van der Waals surface area (Å²) in [6.07, 6.45) is 0. The van der Waals surface area contributed by atoms with E-state index in [1.54, 1.807) is 16.8 Å². The molecule has 1 amide bonds. The van der Waals surface area contributed by atoms with E-state index in [-0.39, 0.29) is 18.5 Å². The Hall–Kier alpha value is -1.23. The van der Waals surface area contributed by atoms with Crippen molar-refractivity contribution in [1.29, 1.82) is 0 Å². The average Bonchev–Trinajstić information content (AvgIpc) is 2.69. The summed E-state index contributed by atoms with van der Waals surface area (Å²) in [5.41, 5.74) is 2.37. The van der Waals surface area contributed by atoms with E-state index in [0.29, 0.717) is 20.8 Å². The number of hydrogen-bond acceptors (Lipinski definition) is 2. The Morgan fingerprint density at radius 1 is 1.27 bits per heavy atom. The van der Waals surface area contributed by atoms with Gasteiger partial charge in [-0.15, -0.1) is 0 Å². The highest BCUT2D eigenvalue weighted by Crippen LogP contribution is 2.25. The van der Waals surface area contributed by atoms with E-state index in [1.165, 1.54) is 0 Å². The summed E-state index contributed by atoms with van der Waals surface area (Å²) in [4.78, 5) is 12.1. The summed E-state index contributed by atoms with van der Waals surface area (Å²) < 4.78 is 1.59. The van der Waals surface area contributed by atoms with E-state index in [0.717, 1.165) is 11.3 Å². The van der Waals surface area contributed by atoms with Crippen LogP contribution in [0.4, 0.5) is 0 Å². The lowest BCUT2D eigenvalue weighted by Gasteiger charge is -2.15. The summed E-state index contributed by atoms with van der Waals surface area (Å²) in [6.45, 7) is 5.64. The van der Waals surface area contributed by atoms with Crippen LogP contribution < -0.4 is 5.32 Å². The maximum atomic E-state index is 12.1. The van der Waals surface area contributed by atoms with Crippen LogP contribution in [0.2, 0.25) is 15.1 Å². The standard InChI is InChI=1S/C15H16Cl3N3O/c1-8(11-4-5-12(16)13(17)6-11)19-14(22)7-21-10(3)15(18)9(2)20-21/h4-6,8H,7H2,1-3H3,(H,19,22). The molecule has 22 heavy (non-hydrogen) atoms. The van der Waals surface area contributed by atoms with Crippen LogP contribution in [0.15, 0.2) is 18.2 Å². The number of rotatable bonds is 4. The molecule has 1 N–H and O–H groups in total. The highest BCUT2D eigenvalue weighted by Gasteiger charge is 2.15. The summed E-state index contributed by atoms with van der Waals surface area (Å²) in [5, 5.41) is 8.68. The number of nitrogens with zero attached hydrogens (tertiary/aromatic N) is 2. The maximum absolute atomic E-state index is 12.1. The van der Waals surface area contributed by atoms with Gasteiger partial charge < -0.3 is 5.32 Å². The molecule has 1 unspecified atom stereocenters. The maximum Gasteiger partial charge on any atom is 0.242 e. The van der Waals surface area contributed by atoms with E-state index in [4.69, 9.17) is 34.8 Å². The Labute approximate surface area is 144 Å². The zero-order valence-electron chi connectivity index (χ0n) is 12.5. The van der Waals surface area contributed by atoms with Gasteiger partial charge in [-0.3, -0.25) is 9.48 Å². The third kappa shape index (κ3) is 3.75. The highest BCUT2D eigenvalue weighted by atomic mass is 35.5. The Balaban J connectivity index is 2.04. The number of aryl methyl sites for hydroxylation is 1. The van der Waals surface area contributed by atoms with Gasteiger partial charge in [-0.05, 0) is 38.5 Å². The quantitative estimate of drug-likeness (QED) is 0.881. The summed E-state index contributed by atoms with van der Waals surface area (Å²) in [5.74, 6) is -0.152. The van der Waals surface area contributed by atoms with Crippen molar-refractivity contribution >= 4 is 40.7 Å². The van der Waals surface area contributed by atoms with Crippen molar-refractivity contribution in [3.05, 3.63) is 50.2 Å². The Bertz CT molecular complexity index is 712. The molecule has 0 fully saturated rings. The Morgan fingerprint density at radius 2 is 1.95 bits per heavy atom. The van der Waals surface area contributed by atoms with Gasteiger partial charge in [-0.1, -0.05) is 40.9 Å². The van der Waals surface area contributed by atoms with Gasteiger partial charge in [0.1, 0.15) is 6.54 Å². The first-order valence-electron chi connectivity index (χ1n) is 6.73. The fraction of sp³-hybridized carbons (Fsp3) is 0.333. The molecule has 2 rings (SSSR count). The van der Waals surface area contributed by atoms with Crippen LogP contribution in [-0.2, 0) is 11.3 Å². The lowest BCUT2D eigenvalue weighted by Crippen LogP contribution is -2.30. The molecule has 118 valence electrons. The van der Waals surface area contributed by atoms with Gasteiger partial charge in [0, 0.05) is 0 Å². The highest BCUT2D eigenvalue weighted by molar-refractivity contribution is 6.42. The van der Waals surface area contributed by atoms with Gasteiger partial charge in [-0.25, -0.2) is 0 Å². The number of carbonyl (C=O) groups excluding carboxylic acids is 1. The first kappa shape index (κ1) is 17.1. The van der Waals surface area contributed by atoms with Crippen molar-refractivity contribution in [2.45, 2.75) is 33.4 Å². The molecule has 1 aromatic heterocycles. The van der Waals surface area contributed by atoms with Crippen LogP contribution in [0.3, 0.4) is 0 Å². The van der Waals surface area contributed by atoms with Crippen LogP contribution in [0.5, 0.6) is 0 Å². The van der Waals surface area contributed by atoms with E-state index < -0.39 is 0 Å². The Morgan fingerprint density at radius 3 is 2.50 bits per heavy atom. The average molecular weight is 361 g/mol. The molecule has 0 aliphatic carbocycles. The summed E-state index contributed by atoms with van der Waals surface area (Å²) >= 11 is 18.0. The van der Waals surface area contributed by atoms with Crippen molar-refractivity contribution in [1.82, 2.24) is 15.1 Å². The number of carbonyl (C=O) groups is 1. The molecule has 0 spiro atoms. The molecule has 0 saturated carbocycles. The molecule has 0 aliphatic heterocycles. The molecule has 4 nitrogen and oxygen atoms in total. The van der Waals surface area contributed by atoms with Gasteiger partial charge in [0.25, 0.3) is 0 Å². The number of hydrogen-bond donors (Lipinski definition) is 1. The predicted octanol–water partition coefficient (Wildman–Crippen LogP) is 4.34. The minimum absolute atomic E-state index is 0.116. The molecular weight excluding hydrogens is 345 g/mol. The lowest BCUT2D eigenvalue weighted by atomic mass is 10.1. The van der Waals surface area contributed by atoms with Gasteiger partial charge >= 0.3 is 0 Å². The van der Waals surface area contributed by atoms with Crippen molar-refractivity contribution in [2.75, 3.05) is 0 Å². The molecule has 0 saturated heterocycles. The van der Waals surface area contributed by atoms with Crippen molar-refractivity contribution in [2.24, 2.45) is 0 Å². The topological polar surface area (TPSA) is 46.9 Å². The molecule has 7 heteroatoms. The number of nitrogens with one attached hydrogen (secondary N) is 1. The second-order valence-corrected chi connectivity index (χ2v) is 6.30. The largest absolute Gasteiger partial charge is 0.348 e. The first-order valence-corrected chi connectivity index (χ1v) is 7.86. The fourth-order valence-electron chi connectivity index (χ4n) is 2.12. The number of aromatic nitrogens is 2. The van der Waals surface area contributed by atoms with Crippen molar-refractivity contribution < 1.29 is 4.79 Å². The van der Waals surface area contributed by atoms with E-state index in [1.807, 2.05) is 26.8 Å². The molecular formula is C15H16Cl3N3O. The third-order valence-electron chi connectivity index (χ3n) is 3.41. The van der Waals surface area contributed by atoms with Crippen LogP contribution in [-0.4, -0.2) is 15.7 Å². The number of amides is 1. The molecule has 1 atom stereocenters. The van der Waals surface area contributed by atoms with Gasteiger partial charge in [0.15, 0.2) is 0 Å². The zero-order valence-corrected chi connectivity index (χ0v) is 14.7. The fourth-order valence-corrected chi connectivity index (χ4v) is 2.56. The van der Waals surface area contributed by atoms with Gasteiger partial charge in [-0.2, -0.15) is 5.10 Å². The molecule has 1 aromatic carbocycles. The van der Waals surface area contributed by atoms with Gasteiger partial charge in [0.2, 0.25) is 5.91 Å². The molecule has 0 radical (unpaired) electrons. The van der Waals surface area contributed by atoms with Crippen LogP contribution in [0.1, 0.15) is 29.9 Å². The zero-order chi connectivity index (χ0) is 16.4. The summed E-state index contributed by atoms with van der Waals surface area (Å²) in [7, 11) is 0. The van der Waals surface area contributed by atoms with Crippen LogP contribution in [0.25, 0.3) is 0 Å². The van der Waals surface area contributed by atoms with E-state index in [9.17, 15) is 4.79 Å². The smallest absolute Gasteiger partial charge is 0.242 e. The Kier molecular flexibility index (Phi) is 5.37.